The van der Waals surface area contributed by atoms with E-state index in [9.17, 15) is 9.90 Å². The molecule has 0 radical (unpaired) electrons. The number of carbonyl (C=O) groups is 1. The van der Waals surface area contributed by atoms with E-state index >= 15 is 0 Å². The van der Waals surface area contributed by atoms with Crippen molar-refractivity contribution in [3.63, 3.8) is 0 Å². The van der Waals surface area contributed by atoms with E-state index in [1.165, 1.54) is 0 Å². The Morgan fingerprint density at radius 2 is 2.11 bits per heavy atom. The van der Waals surface area contributed by atoms with E-state index in [4.69, 9.17) is 0 Å². The van der Waals surface area contributed by atoms with Gasteiger partial charge in [0.05, 0.1) is 5.69 Å². The lowest BCUT2D eigenvalue weighted by Crippen LogP contribution is -2.28. The maximum absolute atomic E-state index is 11.4. The normalized spacial score (nSPS) is 10.2. The molecule has 0 saturated heterocycles. The van der Waals surface area contributed by atoms with Gasteiger partial charge in [-0.3, -0.25) is 0 Å². The number of aromatic carboxylic acids is 1. The minimum atomic E-state index is -0.967. The molecule has 0 aliphatic heterocycles. The lowest BCUT2D eigenvalue weighted by Gasteiger charge is -2.23. The van der Waals surface area contributed by atoms with E-state index in [1.807, 2.05) is 11.8 Å². The second-order valence-corrected chi connectivity index (χ2v) is 4.15. The minimum Gasteiger partial charge on any atom is -0.478 e. The van der Waals surface area contributed by atoms with Gasteiger partial charge >= 0.3 is 5.97 Å². The summed E-state index contributed by atoms with van der Waals surface area (Å²) in [6.45, 7) is 10.5. The van der Waals surface area contributed by atoms with Gasteiger partial charge in [0, 0.05) is 13.1 Å². The summed E-state index contributed by atoms with van der Waals surface area (Å²) in [7, 11) is 0. The summed E-state index contributed by atoms with van der Waals surface area (Å²) in [5, 5.41) is 17.4. The largest absolute Gasteiger partial charge is 0.478 e. The maximum atomic E-state index is 11.4. The van der Waals surface area contributed by atoms with Crippen molar-refractivity contribution in [1.82, 2.24) is 10.2 Å². The van der Waals surface area contributed by atoms with E-state index in [0.29, 0.717) is 23.6 Å². The molecular formula is C13H19N3O2. The van der Waals surface area contributed by atoms with E-state index in [1.54, 1.807) is 19.9 Å². The van der Waals surface area contributed by atoms with Crippen LogP contribution in [0.4, 0.5) is 5.82 Å². The third-order valence-electron chi connectivity index (χ3n) is 2.79. The summed E-state index contributed by atoms with van der Waals surface area (Å²) in [5.74, 6) is -0.544. The molecule has 1 aromatic rings. The number of nitrogens with zero attached hydrogens (tertiary/aromatic N) is 3. The molecule has 1 aromatic heterocycles. The van der Waals surface area contributed by atoms with Crippen LogP contribution in [0.25, 0.3) is 0 Å². The Kier molecular flexibility index (Phi) is 4.83. The van der Waals surface area contributed by atoms with Gasteiger partial charge in [-0.2, -0.15) is 5.10 Å². The molecule has 0 aromatic carbocycles. The van der Waals surface area contributed by atoms with Crippen LogP contribution in [0.3, 0.4) is 0 Å². The number of anilines is 1. The molecule has 0 atom stereocenters. The van der Waals surface area contributed by atoms with Crippen molar-refractivity contribution in [2.24, 2.45) is 0 Å². The minimum absolute atomic E-state index is 0.234. The maximum Gasteiger partial charge on any atom is 0.339 e. The SMILES string of the molecule is C=CCN(CCC)c1nnc(C)c(C)c1C(=O)O. The summed E-state index contributed by atoms with van der Waals surface area (Å²) < 4.78 is 0. The molecule has 0 spiro atoms. The summed E-state index contributed by atoms with van der Waals surface area (Å²) in [4.78, 5) is 13.3. The van der Waals surface area contributed by atoms with Gasteiger partial charge in [-0.25, -0.2) is 4.79 Å². The third-order valence-corrected chi connectivity index (χ3v) is 2.79. The second-order valence-electron chi connectivity index (χ2n) is 4.15. The molecule has 5 heteroatoms. The number of hydrogen-bond donors (Lipinski definition) is 1. The number of carboxylic acids is 1. The van der Waals surface area contributed by atoms with Crippen molar-refractivity contribution >= 4 is 11.8 Å². The van der Waals surface area contributed by atoms with Gasteiger partial charge in [0.2, 0.25) is 0 Å². The molecule has 1 heterocycles. The first-order valence-corrected chi connectivity index (χ1v) is 5.95. The molecule has 0 saturated carbocycles. The molecule has 0 aliphatic rings. The van der Waals surface area contributed by atoms with Crippen LogP contribution in [0.2, 0.25) is 0 Å². The predicted molar refractivity (Wildman–Crippen MR) is 71.2 cm³/mol. The molecule has 1 N–H and O–H groups in total. The molecule has 98 valence electrons. The Morgan fingerprint density at radius 1 is 1.44 bits per heavy atom. The van der Waals surface area contributed by atoms with Crippen molar-refractivity contribution < 1.29 is 9.90 Å². The zero-order valence-corrected chi connectivity index (χ0v) is 11.1. The van der Waals surface area contributed by atoms with E-state index in [2.05, 4.69) is 16.8 Å². The van der Waals surface area contributed by atoms with Crippen LogP contribution in [-0.4, -0.2) is 34.4 Å². The van der Waals surface area contributed by atoms with Gasteiger partial charge in [-0.05, 0) is 25.8 Å². The van der Waals surface area contributed by atoms with Crippen molar-refractivity contribution in [3.05, 3.63) is 29.5 Å². The smallest absolute Gasteiger partial charge is 0.339 e. The van der Waals surface area contributed by atoms with Crippen LogP contribution >= 0.6 is 0 Å². The Morgan fingerprint density at radius 3 is 2.61 bits per heavy atom. The van der Waals surface area contributed by atoms with E-state index in [0.717, 1.165) is 13.0 Å². The highest BCUT2D eigenvalue weighted by Crippen LogP contribution is 2.22. The summed E-state index contributed by atoms with van der Waals surface area (Å²) >= 11 is 0. The van der Waals surface area contributed by atoms with Crippen LogP contribution in [0.1, 0.15) is 35.0 Å². The van der Waals surface area contributed by atoms with E-state index in [-0.39, 0.29) is 5.56 Å². The van der Waals surface area contributed by atoms with Gasteiger partial charge in [-0.1, -0.05) is 13.0 Å². The van der Waals surface area contributed by atoms with Crippen LogP contribution in [0.15, 0.2) is 12.7 Å². The van der Waals surface area contributed by atoms with Gasteiger partial charge in [0.25, 0.3) is 0 Å². The highest BCUT2D eigenvalue weighted by molar-refractivity contribution is 5.95. The first-order valence-electron chi connectivity index (χ1n) is 5.95. The monoisotopic (exact) mass is 249 g/mol. The fourth-order valence-corrected chi connectivity index (χ4v) is 1.78. The molecule has 1 rings (SSSR count). The molecule has 0 unspecified atom stereocenters. The Hall–Kier alpha value is -1.91. The van der Waals surface area contributed by atoms with Crippen LogP contribution in [-0.2, 0) is 0 Å². The Balaban J connectivity index is 3.32. The van der Waals surface area contributed by atoms with Gasteiger partial charge in [0.15, 0.2) is 5.82 Å². The van der Waals surface area contributed by atoms with Crippen LogP contribution in [0.5, 0.6) is 0 Å². The molecule has 0 fully saturated rings. The second kappa shape index (κ2) is 6.14. The summed E-state index contributed by atoms with van der Waals surface area (Å²) in [6.07, 6.45) is 2.64. The molecular weight excluding hydrogens is 230 g/mol. The van der Waals surface area contributed by atoms with Gasteiger partial charge in [-0.15, -0.1) is 11.7 Å². The quantitative estimate of drug-likeness (QED) is 0.783. The number of aromatic nitrogens is 2. The lowest BCUT2D eigenvalue weighted by atomic mass is 10.1. The average molecular weight is 249 g/mol. The number of rotatable bonds is 6. The van der Waals surface area contributed by atoms with Gasteiger partial charge < -0.3 is 10.0 Å². The fraction of sp³-hybridized carbons (Fsp3) is 0.462. The molecule has 0 amide bonds. The first-order chi connectivity index (χ1) is 8.52. The van der Waals surface area contributed by atoms with Crippen molar-refractivity contribution in [2.75, 3.05) is 18.0 Å². The first kappa shape index (κ1) is 14.2. The van der Waals surface area contributed by atoms with Crippen molar-refractivity contribution in [3.8, 4) is 0 Å². The lowest BCUT2D eigenvalue weighted by molar-refractivity contribution is 0.0696. The predicted octanol–water partition coefficient (Wildman–Crippen LogP) is 2.19. The van der Waals surface area contributed by atoms with Crippen LogP contribution in [0, 0.1) is 13.8 Å². The number of hydrogen-bond acceptors (Lipinski definition) is 4. The summed E-state index contributed by atoms with van der Waals surface area (Å²) in [6, 6.07) is 0. The number of carboxylic acid groups (broad SMARTS) is 1. The Labute approximate surface area is 107 Å². The van der Waals surface area contributed by atoms with Gasteiger partial charge in [0.1, 0.15) is 5.56 Å². The third kappa shape index (κ3) is 2.85. The topological polar surface area (TPSA) is 66.3 Å². The zero-order valence-electron chi connectivity index (χ0n) is 11.1. The van der Waals surface area contributed by atoms with Crippen molar-refractivity contribution in [1.29, 1.82) is 0 Å². The van der Waals surface area contributed by atoms with Crippen LogP contribution < -0.4 is 4.90 Å². The molecule has 0 bridgehead atoms. The number of aryl methyl sites for hydroxylation is 1. The Bertz CT molecular complexity index is 458. The highest BCUT2D eigenvalue weighted by atomic mass is 16.4. The highest BCUT2D eigenvalue weighted by Gasteiger charge is 2.21. The molecule has 18 heavy (non-hydrogen) atoms. The van der Waals surface area contributed by atoms with E-state index < -0.39 is 5.97 Å². The van der Waals surface area contributed by atoms with Crippen molar-refractivity contribution in [2.45, 2.75) is 27.2 Å². The fourth-order valence-electron chi connectivity index (χ4n) is 1.78. The summed E-state index contributed by atoms with van der Waals surface area (Å²) in [5.41, 5.74) is 1.54. The zero-order chi connectivity index (χ0) is 13.7. The average Bonchev–Trinajstić information content (AvgIpc) is 2.31. The standard InChI is InChI=1S/C13H19N3O2/c1-5-7-16(8-6-2)12-11(13(17)18)9(3)10(4)14-15-12/h5H,1,6-8H2,2-4H3,(H,17,18). The molecule has 0 aliphatic carbocycles. The molecule has 5 nitrogen and oxygen atoms in total.